The summed E-state index contributed by atoms with van der Waals surface area (Å²) in [7, 11) is 3.53. The molecular formula is C76H82ClN13O7. The molecule has 11 rings (SSSR count). The van der Waals surface area contributed by atoms with Crippen LogP contribution in [0.5, 0.6) is 17.2 Å². The predicted molar refractivity (Wildman–Crippen MR) is 388 cm³/mol. The van der Waals surface area contributed by atoms with Crippen LogP contribution < -0.4 is 46.1 Å². The fourth-order valence-electron chi connectivity index (χ4n) is 10.3. The van der Waals surface area contributed by atoms with Crippen molar-refractivity contribution in [2.24, 2.45) is 0 Å². The predicted octanol–water partition coefficient (Wildman–Crippen LogP) is 16.4. The lowest BCUT2D eigenvalue weighted by Crippen LogP contribution is -2.30. The summed E-state index contributed by atoms with van der Waals surface area (Å²) < 4.78 is 21.2. The Balaban J connectivity index is 0.000000230. The summed E-state index contributed by atoms with van der Waals surface area (Å²) in [5, 5.41) is 30.5. The zero-order valence-corrected chi connectivity index (χ0v) is 56.1. The minimum atomic E-state index is -0.393. The quantitative estimate of drug-likeness (QED) is 0.0391. The maximum Gasteiger partial charge on any atom is 0.324 e. The second-order valence-corrected chi connectivity index (χ2v) is 25.5. The van der Waals surface area contributed by atoms with E-state index in [9.17, 15) is 19.2 Å². The minimum absolute atomic E-state index is 0. The Hall–Kier alpha value is -11.1. The van der Waals surface area contributed by atoms with Crippen molar-refractivity contribution >= 4 is 91.7 Å². The van der Waals surface area contributed by atoms with Gasteiger partial charge in [-0.1, -0.05) is 145 Å². The average molecular weight is 1330 g/mol. The molecule has 0 aliphatic rings. The van der Waals surface area contributed by atoms with Crippen LogP contribution in [-0.2, 0) is 40.2 Å². The number of halogens is 1. The molecular weight excluding hydrogens is 1240 g/mol. The largest absolute Gasteiger partial charge is 0.497 e. The number of nitrogens with one attached hydrogen (secondary N) is 6. The molecule has 0 spiro atoms. The normalized spacial score (nSPS) is 11.2. The Bertz CT molecular complexity index is 4560. The zero-order chi connectivity index (χ0) is 68.1. The Kier molecular flexibility index (Phi) is 22.8. The van der Waals surface area contributed by atoms with Gasteiger partial charge in [-0.25, -0.2) is 28.9 Å². The molecule has 0 aliphatic carbocycles. The number of carbonyl (C=O) groups is 4. The molecule has 7 aromatic carbocycles. The number of amides is 6. The second kappa shape index (κ2) is 31.4. The molecule has 0 fully saturated rings. The number of hydrogen-bond donors (Lipinski definition) is 6. The maximum atomic E-state index is 13.5. The smallest absolute Gasteiger partial charge is 0.324 e. The molecule has 97 heavy (non-hydrogen) atoms. The number of pyridine rings is 2. The standard InChI is InChI=1S/C42H45N7O4.C33H33ClN6O3.CH4/c1-28-11-15-31(16-12-28)49-39(24-37(47-49)42(2,3)4)46-41(51)44-35-19-20-36(34-10-8-7-9-33(34)35)53-27-30-21-22-43-38(23-30)45-40(50)26-48(5)25-29-13-17-32(52-6)18-14-29;1-21-9-11-23(12-10-21)40-30(18-28(39-40)33(2,3)4)38-32(42)36-26-13-14-27(25-8-6-5-7-24(25)26)43-20-22-15-16-35-29(17-22)37-31(41)19-34;/h7-24H,25-27H2,1-6H3,(H,43,45,50)(H2,44,46,51);5-18H,19-20H2,1-4H3,(H,35,37,41)(H2,36,38,42);1H4. The van der Waals surface area contributed by atoms with Crippen molar-refractivity contribution in [1.29, 1.82) is 0 Å². The van der Waals surface area contributed by atoms with Crippen LogP contribution in [-0.4, -0.2) is 84.9 Å². The minimum Gasteiger partial charge on any atom is -0.497 e. The molecule has 6 N–H and O–H groups in total. The van der Waals surface area contributed by atoms with Gasteiger partial charge in [0.05, 0.1) is 47.8 Å². The summed E-state index contributed by atoms with van der Waals surface area (Å²) in [6, 6.07) is 56.7. The van der Waals surface area contributed by atoms with Crippen molar-refractivity contribution in [3.8, 4) is 28.6 Å². The van der Waals surface area contributed by atoms with Gasteiger partial charge in [0.1, 0.15) is 59.6 Å². The van der Waals surface area contributed by atoms with Gasteiger partial charge in [-0.05, 0) is 123 Å². The number of aryl methyl sites for hydroxylation is 2. The van der Waals surface area contributed by atoms with E-state index in [4.69, 9.17) is 36.0 Å². The highest BCUT2D eigenvalue weighted by Crippen LogP contribution is 2.36. The van der Waals surface area contributed by atoms with E-state index in [2.05, 4.69) is 83.4 Å². The molecule has 20 nitrogen and oxygen atoms in total. The molecule has 4 heterocycles. The van der Waals surface area contributed by atoms with Crippen molar-refractivity contribution < 1.29 is 33.4 Å². The first-order valence-corrected chi connectivity index (χ1v) is 31.8. The van der Waals surface area contributed by atoms with Gasteiger partial charge in [0.2, 0.25) is 11.8 Å². The molecule has 0 saturated heterocycles. The lowest BCUT2D eigenvalue weighted by molar-refractivity contribution is -0.117. The van der Waals surface area contributed by atoms with Gasteiger partial charge >= 0.3 is 12.1 Å². The van der Waals surface area contributed by atoms with Crippen LogP contribution in [0, 0.1) is 13.8 Å². The Morgan fingerprint density at radius 2 is 0.918 bits per heavy atom. The lowest BCUT2D eigenvalue weighted by Gasteiger charge is -2.17. The number of fused-ring (bicyclic) bond motifs is 2. The number of benzene rings is 7. The first-order chi connectivity index (χ1) is 46.0. The number of urea groups is 2. The number of rotatable bonds is 20. The summed E-state index contributed by atoms with van der Waals surface area (Å²) in [5.74, 6) is 3.42. The third-order valence-corrected chi connectivity index (χ3v) is 15.6. The van der Waals surface area contributed by atoms with Crippen molar-refractivity contribution in [3.63, 3.8) is 0 Å². The van der Waals surface area contributed by atoms with E-state index in [0.29, 0.717) is 52.7 Å². The van der Waals surface area contributed by atoms with E-state index >= 15 is 0 Å². The van der Waals surface area contributed by atoms with E-state index in [1.165, 1.54) is 0 Å². The van der Waals surface area contributed by atoms with Crippen LogP contribution in [0.1, 0.15) is 88.2 Å². The van der Waals surface area contributed by atoms with Crippen LogP contribution in [0.3, 0.4) is 0 Å². The Morgan fingerprint density at radius 3 is 1.33 bits per heavy atom. The third kappa shape index (κ3) is 18.6. The number of nitrogens with zero attached hydrogens (tertiary/aromatic N) is 7. The van der Waals surface area contributed by atoms with Crippen molar-refractivity contribution in [1.82, 2.24) is 34.4 Å². The molecule has 11 aromatic rings. The summed E-state index contributed by atoms with van der Waals surface area (Å²) >= 11 is 5.58. The van der Waals surface area contributed by atoms with E-state index in [1.54, 1.807) is 41.0 Å². The van der Waals surface area contributed by atoms with E-state index < -0.39 is 12.1 Å². The Morgan fingerprint density at radius 1 is 0.495 bits per heavy atom. The number of methoxy groups -OCH3 is 1. The van der Waals surface area contributed by atoms with E-state index in [1.807, 2.05) is 196 Å². The van der Waals surface area contributed by atoms with Gasteiger partial charge in [-0.3, -0.25) is 25.1 Å². The molecule has 0 atom stereocenters. The third-order valence-electron chi connectivity index (χ3n) is 15.4. The molecule has 0 unspecified atom stereocenters. The first-order valence-electron chi connectivity index (χ1n) is 31.2. The highest BCUT2D eigenvalue weighted by molar-refractivity contribution is 6.29. The molecule has 0 saturated carbocycles. The van der Waals surface area contributed by atoms with Crippen LogP contribution in [0.25, 0.3) is 32.9 Å². The number of hydrogen-bond acceptors (Lipinski definition) is 12. The number of likely N-dealkylation sites (N-methyl/N-ethyl adjacent to an activating group) is 1. The van der Waals surface area contributed by atoms with Crippen molar-refractivity contribution in [2.75, 3.05) is 58.5 Å². The molecule has 6 amide bonds. The molecule has 4 aromatic heterocycles. The fraction of sp³-hybridized carbons (Fsp3) is 0.237. The fourth-order valence-corrected chi connectivity index (χ4v) is 10.3. The Labute approximate surface area is 570 Å². The van der Waals surface area contributed by atoms with Gasteiger partial charge in [0.25, 0.3) is 0 Å². The zero-order valence-electron chi connectivity index (χ0n) is 55.4. The monoisotopic (exact) mass is 1320 g/mol. The number of carbonyl (C=O) groups excluding carboxylic acids is 4. The molecule has 21 heteroatoms. The van der Waals surface area contributed by atoms with Crippen LogP contribution in [0.4, 0.5) is 44.2 Å². The average Bonchev–Trinajstić information content (AvgIpc) is 1.80. The van der Waals surface area contributed by atoms with Crippen LogP contribution in [0.2, 0.25) is 0 Å². The van der Waals surface area contributed by atoms with Crippen molar-refractivity contribution in [3.05, 3.63) is 234 Å². The SMILES string of the molecule is C.COc1ccc(CN(C)CC(=O)Nc2cc(COc3ccc(NC(=O)Nc4cc(C(C)(C)C)nn4-c4ccc(C)cc4)c4ccccc34)ccn2)cc1.Cc1ccc(-n2nc(C(C)(C)C)cc2NC(=O)Nc2ccc(OCc3ccnc(NC(=O)CCl)c3)c3ccccc23)cc1. The molecule has 0 aliphatic heterocycles. The molecule has 500 valence electrons. The van der Waals surface area contributed by atoms with E-state index in [-0.39, 0.29) is 55.7 Å². The summed E-state index contributed by atoms with van der Waals surface area (Å²) in [6.07, 6.45) is 3.25. The summed E-state index contributed by atoms with van der Waals surface area (Å²) in [5.41, 5.74) is 9.29. The first kappa shape index (κ1) is 70.2. The number of alkyl halides is 1. The highest BCUT2D eigenvalue weighted by Gasteiger charge is 2.24. The second-order valence-electron chi connectivity index (χ2n) is 25.2. The van der Waals surface area contributed by atoms with Crippen LogP contribution in [0.15, 0.2) is 194 Å². The van der Waals surface area contributed by atoms with Gasteiger partial charge in [-0.15, -0.1) is 11.6 Å². The number of anilines is 6. The van der Waals surface area contributed by atoms with Gasteiger partial charge in [0.15, 0.2) is 0 Å². The van der Waals surface area contributed by atoms with Gasteiger partial charge in [-0.2, -0.15) is 10.2 Å². The molecule has 0 radical (unpaired) electrons. The highest BCUT2D eigenvalue weighted by atomic mass is 35.5. The van der Waals surface area contributed by atoms with Gasteiger partial charge in [0, 0.05) is 63.4 Å². The number of ether oxygens (including phenoxy) is 3. The molecule has 0 bridgehead atoms. The topological polar surface area (TPSA) is 233 Å². The van der Waals surface area contributed by atoms with Crippen LogP contribution >= 0.6 is 11.6 Å². The lowest BCUT2D eigenvalue weighted by atomic mass is 9.92. The summed E-state index contributed by atoms with van der Waals surface area (Å²) in [4.78, 5) is 61.6. The van der Waals surface area contributed by atoms with E-state index in [0.717, 1.165) is 77.9 Å². The van der Waals surface area contributed by atoms with Gasteiger partial charge < -0.3 is 35.5 Å². The maximum absolute atomic E-state index is 13.5. The van der Waals surface area contributed by atoms with Crippen molar-refractivity contribution in [2.45, 2.75) is 93.4 Å². The number of aromatic nitrogens is 6. The summed E-state index contributed by atoms with van der Waals surface area (Å²) in [6.45, 7) is 17.9.